The summed E-state index contributed by atoms with van der Waals surface area (Å²) in [5, 5.41) is 0. The Morgan fingerprint density at radius 2 is 1.86 bits per heavy atom. The quantitative estimate of drug-likeness (QED) is 0.731. The van der Waals surface area contributed by atoms with Crippen molar-refractivity contribution in [3.05, 3.63) is 36.2 Å². The van der Waals surface area contributed by atoms with E-state index in [9.17, 15) is 0 Å². The zero-order valence-electron chi connectivity index (χ0n) is 7.81. The molecule has 0 atom stereocenters. The number of hydrogen-bond acceptors (Lipinski definition) is 4. The van der Waals surface area contributed by atoms with Crippen molar-refractivity contribution >= 4 is 5.82 Å². The summed E-state index contributed by atoms with van der Waals surface area (Å²) in [6.45, 7) is 1.94. The number of aryl methyl sites for hydroxylation is 1. The molecule has 0 bridgehead atoms. The van der Waals surface area contributed by atoms with Gasteiger partial charge in [-0.3, -0.25) is 0 Å². The summed E-state index contributed by atoms with van der Waals surface area (Å²) in [5.74, 6) is 1.08. The number of nitrogens with zero attached hydrogens (tertiary/aromatic N) is 3. The van der Waals surface area contributed by atoms with Crippen LogP contribution in [0.4, 0.5) is 5.82 Å². The van der Waals surface area contributed by atoms with Crippen LogP contribution in [-0.2, 0) is 0 Å². The summed E-state index contributed by atoms with van der Waals surface area (Å²) < 4.78 is 0. The Labute approximate surface area is 81.9 Å². The number of nitrogen functional groups attached to an aromatic ring is 1. The number of rotatable bonds is 1. The third-order valence-corrected chi connectivity index (χ3v) is 1.78. The fourth-order valence-electron chi connectivity index (χ4n) is 1.10. The predicted octanol–water partition coefficient (Wildman–Crippen LogP) is 1.43. The van der Waals surface area contributed by atoms with E-state index >= 15 is 0 Å². The highest BCUT2D eigenvalue weighted by Gasteiger charge is 2.01. The van der Waals surface area contributed by atoms with E-state index in [1.807, 2.05) is 19.1 Å². The molecule has 0 spiro atoms. The first-order valence-corrected chi connectivity index (χ1v) is 4.27. The van der Waals surface area contributed by atoms with Crippen molar-refractivity contribution in [2.45, 2.75) is 6.92 Å². The van der Waals surface area contributed by atoms with Gasteiger partial charge in [0.25, 0.3) is 0 Å². The fraction of sp³-hybridized carbons (Fsp3) is 0.100. The van der Waals surface area contributed by atoms with Crippen LogP contribution in [0.15, 0.2) is 30.6 Å². The third-order valence-electron chi connectivity index (χ3n) is 1.78. The molecule has 0 radical (unpaired) electrons. The number of nitrogens with two attached hydrogens (primary N) is 1. The Kier molecular flexibility index (Phi) is 2.10. The van der Waals surface area contributed by atoms with E-state index in [1.165, 1.54) is 0 Å². The van der Waals surface area contributed by atoms with Gasteiger partial charge in [-0.05, 0) is 24.6 Å². The number of aromatic nitrogens is 3. The van der Waals surface area contributed by atoms with Gasteiger partial charge in [-0.15, -0.1) is 0 Å². The standard InChI is InChI=1S/C10H10N4/c1-7-5-12-10(13-6-7)8-3-2-4-9(11)14-8/h2-6H,1H3,(H2,11,14). The first kappa shape index (κ1) is 8.62. The minimum Gasteiger partial charge on any atom is -0.384 e. The van der Waals surface area contributed by atoms with Crippen molar-refractivity contribution < 1.29 is 0 Å². The number of hydrogen-bond donors (Lipinski definition) is 1. The van der Waals surface area contributed by atoms with Gasteiger partial charge in [0, 0.05) is 12.4 Å². The molecule has 0 fully saturated rings. The maximum atomic E-state index is 5.56. The molecular weight excluding hydrogens is 176 g/mol. The van der Waals surface area contributed by atoms with E-state index in [-0.39, 0.29) is 0 Å². The smallest absolute Gasteiger partial charge is 0.178 e. The van der Waals surface area contributed by atoms with Crippen LogP contribution >= 0.6 is 0 Å². The lowest BCUT2D eigenvalue weighted by molar-refractivity contribution is 1.11. The molecule has 0 aliphatic carbocycles. The molecule has 0 aliphatic heterocycles. The van der Waals surface area contributed by atoms with Gasteiger partial charge in [0.2, 0.25) is 0 Å². The number of anilines is 1. The Balaban J connectivity index is 2.44. The van der Waals surface area contributed by atoms with Crippen LogP contribution < -0.4 is 5.73 Å². The molecule has 4 heteroatoms. The Hall–Kier alpha value is -1.97. The van der Waals surface area contributed by atoms with Gasteiger partial charge in [0.1, 0.15) is 11.5 Å². The summed E-state index contributed by atoms with van der Waals surface area (Å²) in [5.41, 5.74) is 7.28. The van der Waals surface area contributed by atoms with Crippen LogP contribution in [0.1, 0.15) is 5.56 Å². The van der Waals surface area contributed by atoms with Crippen molar-refractivity contribution in [3.63, 3.8) is 0 Å². The summed E-state index contributed by atoms with van der Waals surface area (Å²) >= 11 is 0. The minimum atomic E-state index is 0.478. The Morgan fingerprint density at radius 3 is 2.50 bits per heavy atom. The molecule has 0 aliphatic rings. The molecule has 2 aromatic heterocycles. The normalized spacial score (nSPS) is 10.1. The molecule has 2 heterocycles. The molecule has 14 heavy (non-hydrogen) atoms. The molecule has 0 amide bonds. The predicted molar refractivity (Wildman–Crippen MR) is 54.4 cm³/mol. The molecule has 2 aromatic rings. The first-order chi connectivity index (χ1) is 6.75. The van der Waals surface area contributed by atoms with Crippen LogP contribution in [0.5, 0.6) is 0 Å². The zero-order chi connectivity index (χ0) is 9.97. The van der Waals surface area contributed by atoms with Crippen molar-refractivity contribution in [3.8, 4) is 11.5 Å². The van der Waals surface area contributed by atoms with Gasteiger partial charge < -0.3 is 5.73 Å². The molecule has 0 saturated heterocycles. The van der Waals surface area contributed by atoms with E-state index in [0.29, 0.717) is 17.3 Å². The van der Waals surface area contributed by atoms with E-state index in [1.54, 1.807) is 18.5 Å². The van der Waals surface area contributed by atoms with Crippen LogP contribution in [0.25, 0.3) is 11.5 Å². The summed E-state index contributed by atoms with van der Waals surface area (Å²) in [4.78, 5) is 12.4. The van der Waals surface area contributed by atoms with Gasteiger partial charge >= 0.3 is 0 Å². The van der Waals surface area contributed by atoms with E-state index in [0.717, 1.165) is 5.56 Å². The molecule has 2 N–H and O–H groups in total. The Morgan fingerprint density at radius 1 is 1.14 bits per heavy atom. The van der Waals surface area contributed by atoms with Gasteiger partial charge in [-0.25, -0.2) is 15.0 Å². The molecule has 0 aromatic carbocycles. The van der Waals surface area contributed by atoms with Gasteiger partial charge in [0.05, 0.1) is 0 Å². The highest BCUT2D eigenvalue weighted by Crippen LogP contribution is 2.12. The van der Waals surface area contributed by atoms with E-state index in [2.05, 4.69) is 15.0 Å². The molecule has 2 rings (SSSR count). The molecule has 0 unspecified atom stereocenters. The molecular formula is C10H10N4. The summed E-state index contributed by atoms with van der Waals surface area (Å²) in [7, 11) is 0. The minimum absolute atomic E-state index is 0.478. The van der Waals surface area contributed by atoms with Crippen LogP contribution in [0.2, 0.25) is 0 Å². The fourth-order valence-corrected chi connectivity index (χ4v) is 1.10. The summed E-state index contributed by atoms with van der Waals surface area (Å²) in [6.07, 6.45) is 3.51. The lowest BCUT2D eigenvalue weighted by Gasteiger charge is -1.99. The average molecular weight is 186 g/mol. The van der Waals surface area contributed by atoms with Crippen molar-refractivity contribution in [2.75, 3.05) is 5.73 Å². The van der Waals surface area contributed by atoms with Gasteiger partial charge in [-0.2, -0.15) is 0 Å². The molecule has 4 nitrogen and oxygen atoms in total. The van der Waals surface area contributed by atoms with Crippen molar-refractivity contribution in [2.24, 2.45) is 0 Å². The molecule has 70 valence electrons. The Bertz CT molecular complexity index is 436. The van der Waals surface area contributed by atoms with Crippen molar-refractivity contribution in [1.29, 1.82) is 0 Å². The average Bonchev–Trinajstić information content (AvgIpc) is 2.19. The van der Waals surface area contributed by atoms with Crippen LogP contribution in [0, 0.1) is 6.92 Å². The maximum absolute atomic E-state index is 5.56. The van der Waals surface area contributed by atoms with Gasteiger partial charge in [0.15, 0.2) is 5.82 Å². The SMILES string of the molecule is Cc1cnc(-c2cccc(N)n2)nc1. The molecule has 0 saturated carbocycles. The number of pyridine rings is 1. The monoisotopic (exact) mass is 186 g/mol. The summed E-state index contributed by atoms with van der Waals surface area (Å²) in [6, 6.07) is 5.40. The lowest BCUT2D eigenvalue weighted by atomic mass is 10.3. The highest BCUT2D eigenvalue weighted by molar-refractivity contribution is 5.51. The van der Waals surface area contributed by atoms with Crippen LogP contribution in [-0.4, -0.2) is 15.0 Å². The second-order valence-electron chi connectivity index (χ2n) is 3.03. The van der Waals surface area contributed by atoms with E-state index < -0.39 is 0 Å². The highest BCUT2D eigenvalue weighted by atomic mass is 14.9. The third kappa shape index (κ3) is 1.69. The largest absolute Gasteiger partial charge is 0.384 e. The van der Waals surface area contributed by atoms with Gasteiger partial charge in [-0.1, -0.05) is 6.07 Å². The second kappa shape index (κ2) is 3.41. The first-order valence-electron chi connectivity index (χ1n) is 4.27. The topological polar surface area (TPSA) is 64.7 Å². The van der Waals surface area contributed by atoms with Crippen molar-refractivity contribution in [1.82, 2.24) is 15.0 Å². The zero-order valence-corrected chi connectivity index (χ0v) is 7.81. The van der Waals surface area contributed by atoms with Crippen LogP contribution in [0.3, 0.4) is 0 Å². The second-order valence-corrected chi connectivity index (χ2v) is 3.03. The maximum Gasteiger partial charge on any atom is 0.178 e. The lowest BCUT2D eigenvalue weighted by Crippen LogP contribution is -1.95. The van der Waals surface area contributed by atoms with E-state index in [4.69, 9.17) is 5.73 Å².